The van der Waals surface area contributed by atoms with E-state index in [-0.39, 0.29) is 23.7 Å². The van der Waals surface area contributed by atoms with Gasteiger partial charge in [-0.15, -0.1) is 12.4 Å². The van der Waals surface area contributed by atoms with E-state index in [0.717, 1.165) is 34.4 Å². The Morgan fingerprint density at radius 2 is 1.74 bits per heavy atom. The van der Waals surface area contributed by atoms with Gasteiger partial charge in [-0.3, -0.25) is 19.8 Å². The van der Waals surface area contributed by atoms with E-state index in [4.69, 9.17) is 4.98 Å². The molecule has 166 valence electrons. The molecule has 3 rings (SSSR count). The molecule has 0 saturated carbocycles. The molecule has 1 aromatic heterocycles. The number of amides is 1. The van der Waals surface area contributed by atoms with Crippen LogP contribution in [-0.4, -0.2) is 46.9 Å². The number of hydrogen-bond acceptors (Lipinski definition) is 6. The van der Waals surface area contributed by atoms with Gasteiger partial charge in [-0.25, -0.2) is 4.98 Å². The third-order valence-electron chi connectivity index (χ3n) is 5.33. The fourth-order valence-electron chi connectivity index (χ4n) is 3.31. The summed E-state index contributed by atoms with van der Waals surface area (Å²) in [4.78, 5) is 32.9. The first-order valence-electron chi connectivity index (χ1n) is 10.0. The summed E-state index contributed by atoms with van der Waals surface area (Å²) in [5.74, 6) is -0.401. The van der Waals surface area contributed by atoms with Gasteiger partial charge < -0.3 is 4.90 Å². The van der Waals surface area contributed by atoms with Crippen LogP contribution in [-0.2, 0) is 0 Å². The molecule has 1 heterocycles. The van der Waals surface area contributed by atoms with Crippen LogP contribution in [0.25, 0.3) is 10.2 Å². The molecule has 0 spiro atoms. The fraction of sp³-hybridized carbons (Fsp3) is 0.364. The number of thiazole rings is 1. The Morgan fingerprint density at radius 3 is 2.39 bits per heavy atom. The number of benzene rings is 2. The molecular formula is C22H27ClN4O3S. The minimum Gasteiger partial charge on any atom is -0.302 e. The molecule has 0 aliphatic carbocycles. The molecule has 0 atom stereocenters. The van der Waals surface area contributed by atoms with Crippen LogP contribution in [0.5, 0.6) is 0 Å². The summed E-state index contributed by atoms with van der Waals surface area (Å²) in [6.07, 6.45) is 0. The molecule has 0 aliphatic heterocycles. The van der Waals surface area contributed by atoms with Gasteiger partial charge in [0.15, 0.2) is 5.13 Å². The van der Waals surface area contributed by atoms with E-state index in [0.29, 0.717) is 18.2 Å². The number of fused-ring (bicyclic) bond motifs is 1. The highest BCUT2D eigenvalue weighted by Gasteiger charge is 2.27. The maximum absolute atomic E-state index is 13.4. The van der Waals surface area contributed by atoms with Crippen molar-refractivity contribution in [2.75, 3.05) is 31.1 Å². The van der Waals surface area contributed by atoms with Crippen molar-refractivity contribution in [3.05, 3.63) is 63.2 Å². The number of carbonyl (C=O) groups excluding carboxylic acids is 1. The van der Waals surface area contributed by atoms with Crippen LogP contribution in [0.1, 0.15) is 35.3 Å². The second kappa shape index (κ2) is 10.7. The maximum atomic E-state index is 13.4. The molecule has 0 bridgehead atoms. The molecule has 0 N–H and O–H groups in total. The first-order chi connectivity index (χ1) is 14.3. The topological polar surface area (TPSA) is 79.6 Å². The van der Waals surface area contributed by atoms with Gasteiger partial charge in [0.2, 0.25) is 0 Å². The number of para-hydroxylation sites is 1. The van der Waals surface area contributed by atoms with Crippen LogP contribution in [0, 0.1) is 24.0 Å². The summed E-state index contributed by atoms with van der Waals surface area (Å²) in [5.41, 5.74) is 3.02. The molecule has 0 unspecified atom stereocenters. The van der Waals surface area contributed by atoms with E-state index in [2.05, 4.69) is 24.8 Å². The average molecular weight is 463 g/mol. The number of anilines is 1. The minimum absolute atomic E-state index is 0. The number of halogens is 1. The molecule has 0 saturated heterocycles. The van der Waals surface area contributed by atoms with Gasteiger partial charge in [0.1, 0.15) is 5.56 Å². The zero-order valence-corrected chi connectivity index (χ0v) is 19.8. The predicted molar refractivity (Wildman–Crippen MR) is 129 cm³/mol. The predicted octanol–water partition coefficient (Wildman–Crippen LogP) is 5.23. The summed E-state index contributed by atoms with van der Waals surface area (Å²) < 4.78 is 0.997. The third kappa shape index (κ3) is 5.39. The fourth-order valence-corrected chi connectivity index (χ4v) is 4.38. The zero-order valence-electron chi connectivity index (χ0n) is 18.1. The highest BCUT2D eigenvalue weighted by molar-refractivity contribution is 7.22. The number of carbonyl (C=O) groups is 1. The van der Waals surface area contributed by atoms with Gasteiger partial charge in [-0.1, -0.05) is 37.3 Å². The minimum atomic E-state index is -0.513. The first-order valence-corrected chi connectivity index (χ1v) is 10.8. The highest BCUT2D eigenvalue weighted by atomic mass is 35.5. The summed E-state index contributed by atoms with van der Waals surface area (Å²) in [5, 5.41) is 12.0. The summed E-state index contributed by atoms with van der Waals surface area (Å²) in [6, 6.07) is 10.2. The van der Waals surface area contributed by atoms with E-state index >= 15 is 0 Å². The summed E-state index contributed by atoms with van der Waals surface area (Å²) >= 11 is 1.44. The highest BCUT2D eigenvalue weighted by Crippen LogP contribution is 2.32. The molecular weight excluding hydrogens is 436 g/mol. The van der Waals surface area contributed by atoms with Crippen molar-refractivity contribution >= 4 is 50.7 Å². The Kier molecular flexibility index (Phi) is 8.50. The Labute approximate surface area is 192 Å². The van der Waals surface area contributed by atoms with Gasteiger partial charge >= 0.3 is 0 Å². The Morgan fingerprint density at radius 1 is 1.10 bits per heavy atom. The smallest absolute Gasteiger partial charge is 0.282 e. The van der Waals surface area contributed by atoms with Crippen molar-refractivity contribution in [3.63, 3.8) is 0 Å². The molecule has 0 aliphatic rings. The van der Waals surface area contributed by atoms with Crippen molar-refractivity contribution < 1.29 is 9.72 Å². The number of likely N-dealkylation sites (N-methyl/N-ethyl adjacent to an activating group) is 1. The van der Waals surface area contributed by atoms with Crippen LogP contribution in [0.15, 0.2) is 36.4 Å². The molecule has 0 radical (unpaired) electrons. The molecule has 9 heteroatoms. The quantitative estimate of drug-likeness (QED) is 0.338. The van der Waals surface area contributed by atoms with Crippen molar-refractivity contribution in [1.29, 1.82) is 0 Å². The summed E-state index contributed by atoms with van der Waals surface area (Å²) in [6.45, 7) is 11.0. The van der Waals surface area contributed by atoms with Gasteiger partial charge in [0, 0.05) is 19.2 Å². The van der Waals surface area contributed by atoms with Crippen LogP contribution in [0.4, 0.5) is 10.8 Å². The molecule has 31 heavy (non-hydrogen) atoms. The number of nitro groups is 1. The Hall–Kier alpha value is -2.55. The molecule has 3 aromatic rings. The SMILES string of the molecule is CCN(CC)CCN(C(=O)c1ccccc1[N+](=O)[O-])c1nc2cc(C)c(C)cc2s1.Cl. The molecule has 1 amide bonds. The summed E-state index contributed by atoms with van der Waals surface area (Å²) in [7, 11) is 0. The number of hydrogen-bond donors (Lipinski definition) is 0. The molecule has 7 nitrogen and oxygen atoms in total. The van der Waals surface area contributed by atoms with Crippen molar-refractivity contribution in [3.8, 4) is 0 Å². The van der Waals surface area contributed by atoms with E-state index in [9.17, 15) is 14.9 Å². The van der Waals surface area contributed by atoms with Crippen LogP contribution in [0.3, 0.4) is 0 Å². The zero-order chi connectivity index (χ0) is 21.8. The monoisotopic (exact) mass is 462 g/mol. The number of aryl methyl sites for hydroxylation is 2. The number of nitrogens with zero attached hydrogens (tertiary/aromatic N) is 4. The average Bonchev–Trinajstić information content (AvgIpc) is 3.13. The lowest BCUT2D eigenvalue weighted by Gasteiger charge is -2.24. The second-order valence-corrected chi connectivity index (χ2v) is 8.17. The van der Waals surface area contributed by atoms with E-state index in [1.54, 1.807) is 17.0 Å². The Balaban J connectivity index is 0.00000341. The van der Waals surface area contributed by atoms with Crippen LogP contribution >= 0.6 is 23.7 Å². The van der Waals surface area contributed by atoms with Crippen LogP contribution < -0.4 is 4.90 Å². The van der Waals surface area contributed by atoms with Crippen molar-refractivity contribution in [1.82, 2.24) is 9.88 Å². The molecule has 2 aromatic carbocycles. The van der Waals surface area contributed by atoms with E-state index in [1.165, 1.54) is 23.5 Å². The Bertz CT molecular complexity index is 1040. The number of rotatable bonds is 8. The standard InChI is InChI=1S/C22H26N4O3S.ClH/c1-5-24(6-2)11-12-25(21(27)17-9-7-8-10-19(17)26(28)29)22-23-18-13-15(3)16(4)14-20(18)30-22;/h7-10,13-14H,5-6,11-12H2,1-4H3;1H. The van der Waals surface area contributed by atoms with Crippen LogP contribution in [0.2, 0.25) is 0 Å². The van der Waals surface area contributed by atoms with Crippen molar-refractivity contribution in [2.45, 2.75) is 27.7 Å². The first kappa shape index (κ1) is 24.7. The van der Waals surface area contributed by atoms with E-state index in [1.807, 2.05) is 19.9 Å². The van der Waals surface area contributed by atoms with Gasteiger partial charge in [-0.2, -0.15) is 0 Å². The lowest BCUT2D eigenvalue weighted by atomic mass is 10.1. The lowest BCUT2D eigenvalue weighted by Crippen LogP contribution is -2.39. The number of nitro benzene ring substituents is 1. The van der Waals surface area contributed by atoms with Crippen molar-refractivity contribution in [2.24, 2.45) is 0 Å². The molecule has 0 fully saturated rings. The lowest BCUT2D eigenvalue weighted by molar-refractivity contribution is -0.385. The number of aromatic nitrogens is 1. The second-order valence-electron chi connectivity index (χ2n) is 7.16. The normalized spacial score (nSPS) is 10.9. The third-order valence-corrected chi connectivity index (χ3v) is 6.38. The van der Waals surface area contributed by atoms with Gasteiger partial charge in [-0.05, 0) is 56.3 Å². The van der Waals surface area contributed by atoms with Gasteiger partial charge in [0.05, 0.1) is 15.1 Å². The maximum Gasteiger partial charge on any atom is 0.282 e. The van der Waals surface area contributed by atoms with Gasteiger partial charge in [0.25, 0.3) is 11.6 Å². The largest absolute Gasteiger partial charge is 0.302 e. The van der Waals surface area contributed by atoms with E-state index < -0.39 is 10.8 Å².